The van der Waals surface area contributed by atoms with Crippen molar-refractivity contribution in [3.8, 4) is 11.3 Å². The van der Waals surface area contributed by atoms with E-state index in [-0.39, 0.29) is 29.3 Å². The molecule has 200 valence electrons. The third kappa shape index (κ3) is 5.28. The van der Waals surface area contributed by atoms with Gasteiger partial charge in [0, 0.05) is 16.1 Å². The lowest BCUT2D eigenvalue weighted by Crippen LogP contribution is -2.39. The highest BCUT2D eigenvalue weighted by atomic mass is 79.9. The van der Waals surface area contributed by atoms with Gasteiger partial charge in [-0.25, -0.2) is 9.79 Å². The highest BCUT2D eigenvalue weighted by Gasteiger charge is 2.33. The molecule has 2 aromatic heterocycles. The van der Waals surface area contributed by atoms with E-state index in [1.807, 2.05) is 24.3 Å². The maximum absolute atomic E-state index is 13.7. The number of aromatic nitrogens is 1. The fourth-order valence-corrected chi connectivity index (χ4v) is 5.61. The largest absolute Gasteiger partial charge is 0.463 e. The van der Waals surface area contributed by atoms with Crippen molar-refractivity contribution in [2.24, 2.45) is 4.99 Å². The number of thiazole rings is 1. The van der Waals surface area contributed by atoms with Crippen LogP contribution in [0.1, 0.15) is 36.8 Å². The molecule has 0 N–H and O–H groups in total. The van der Waals surface area contributed by atoms with Crippen molar-refractivity contribution in [3.63, 3.8) is 0 Å². The molecule has 3 heterocycles. The van der Waals surface area contributed by atoms with Crippen molar-refractivity contribution < 1.29 is 27.1 Å². The van der Waals surface area contributed by atoms with E-state index in [0.29, 0.717) is 20.6 Å². The molecule has 2 aromatic carbocycles. The Hall–Kier alpha value is -3.70. The van der Waals surface area contributed by atoms with Crippen LogP contribution < -0.4 is 14.9 Å². The third-order valence-corrected chi connectivity index (χ3v) is 7.59. The van der Waals surface area contributed by atoms with Gasteiger partial charge < -0.3 is 9.15 Å². The molecular formula is C28H20BrF3N2O4S. The summed E-state index contributed by atoms with van der Waals surface area (Å²) in [5.41, 5.74) is 0.496. The molecule has 1 aliphatic rings. The number of carbonyl (C=O) groups is 1. The summed E-state index contributed by atoms with van der Waals surface area (Å²) in [6.45, 7) is 3.57. The smallest absolute Gasteiger partial charge is 0.416 e. The van der Waals surface area contributed by atoms with Crippen LogP contribution in [0.4, 0.5) is 13.2 Å². The average molecular weight is 617 g/mol. The molecule has 1 atom stereocenters. The zero-order chi connectivity index (χ0) is 27.9. The van der Waals surface area contributed by atoms with E-state index in [2.05, 4.69) is 20.9 Å². The van der Waals surface area contributed by atoms with Gasteiger partial charge in [-0.2, -0.15) is 13.2 Å². The van der Waals surface area contributed by atoms with Crippen LogP contribution in [-0.4, -0.2) is 17.1 Å². The number of alkyl halides is 3. The predicted molar refractivity (Wildman–Crippen MR) is 144 cm³/mol. The Balaban J connectivity index is 1.60. The number of carbonyl (C=O) groups excluding carboxylic acids is 1. The summed E-state index contributed by atoms with van der Waals surface area (Å²) >= 11 is 4.53. The SMILES string of the molecule is CCOC(=O)C1=C(C)N=c2sc(=Cc3ccc(-c4cccc(C(F)(F)F)c4)o3)c(=O)n2[C@@H]1c1ccc(Br)cc1. The molecule has 0 bridgehead atoms. The number of esters is 1. The first-order valence-corrected chi connectivity index (χ1v) is 13.4. The number of halogens is 4. The molecule has 0 fully saturated rings. The summed E-state index contributed by atoms with van der Waals surface area (Å²) in [6.07, 6.45) is -2.96. The quantitative estimate of drug-likeness (QED) is 0.264. The Bertz CT molecular complexity index is 1780. The Morgan fingerprint density at radius 2 is 1.92 bits per heavy atom. The van der Waals surface area contributed by atoms with Gasteiger partial charge in [-0.3, -0.25) is 9.36 Å². The maximum atomic E-state index is 13.7. The maximum Gasteiger partial charge on any atom is 0.416 e. The van der Waals surface area contributed by atoms with Crippen molar-refractivity contribution in [3.05, 3.63) is 113 Å². The van der Waals surface area contributed by atoms with E-state index < -0.39 is 29.3 Å². The molecule has 0 aliphatic carbocycles. The van der Waals surface area contributed by atoms with Crippen molar-refractivity contribution >= 4 is 39.3 Å². The van der Waals surface area contributed by atoms with Crippen LogP contribution in [0.2, 0.25) is 0 Å². The summed E-state index contributed by atoms with van der Waals surface area (Å²) < 4.78 is 53.1. The number of hydrogen-bond donors (Lipinski definition) is 0. The molecule has 5 rings (SSSR count). The molecular weight excluding hydrogens is 597 g/mol. The minimum absolute atomic E-state index is 0.166. The second-order valence-electron chi connectivity index (χ2n) is 8.63. The van der Waals surface area contributed by atoms with Crippen LogP contribution in [0, 0.1) is 0 Å². The highest BCUT2D eigenvalue weighted by Crippen LogP contribution is 2.33. The second-order valence-corrected chi connectivity index (χ2v) is 10.6. The van der Waals surface area contributed by atoms with Crippen molar-refractivity contribution in [2.45, 2.75) is 26.1 Å². The number of furan rings is 1. The van der Waals surface area contributed by atoms with Crippen LogP contribution in [0.5, 0.6) is 0 Å². The molecule has 4 aromatic rings. The Morgan fingerprint density at radius 1 is 1.18 bits per heavy atom. The van der Waals surface area contributed by atoms with E-state index in [4.69, 9.17) is 9.15 Å². The highest BCUT2D eigenvalue weighted by molar-refractivity contribution is 9.10. The monoisotopic (exact) mass is 616 g/mol. The molecule has 6 nitrogen and oxygen atoms in total. The van der Waals surface area contributed by atoms with Gasteiger partial charge in [0.25, 0.3) is 5.56 Å². The van der Waals surface area contributed by atoms with E-state index in [9.17, 15) is 22.8 Å². The van der Waals surface area contributed by atoms with Crippen molar-refractivity contribution in [1.82, 2.24) is 4.57 Å². The number of nitrogens with zero attached hydrogens (tertiary/aromatic N) is 2. The number of rotatable bonds is 5. The lowest BCUT2D eigenvalue weighted by molar-refractivity contribution is -0.139. The van der Waals surface area contributed by atoms with Crippen LogP contribution >= 0.6 is 27.3 Å². The topological polar surface area (TPSA) is 73.8 Å². The van der Waals surface area contributed by atoms with Gasteiger partial charge in [-0.05, 0) is 55.8 Å². The number of benzene rings is 2. The lowest BCUT2D eigenvalue weighted by Gasteiger charge is -2.24. The van der Waals surface area contributed by atoms with Crippen LogP contribution in [-0.2, 0) is 15.7 Å². The van der Waals surface area contributed by atoms with E-state index in [1.54, 1.807) is 26.0 Å². The molecule has 39 heavy (non-hydrogen) atoms. The molecule has 1 aliphatic heterocycles. The Labute approximate surface area is 232 Å². The molecule has 0 saturated carbocycles. The summed E-state index contributed by atoms with van der Waals surface area (Å²) in [6, 6.07) is 14.5. The summed E-state index contributed by atoms with van der Waals surface area (Å²) in [7, 11) is 0. The lowest BCUT2D eigenvalue weighted by atomic mass is 9.96. The molecule has 0 amide bonds. The zero-order valence-electron chi connectivity index (χ0n) is 20.6. The normalized spacial score (nSPS) is 15.7. The van der Waals surface area contributed by atoms with Crippen LogP contribution in [0.25, 0.3) is 17.4 Å². The number of fused-ring (bicyclic) bond motifs is 1. The van der Waals surface area contributed by atoms with Gasteiger partial charge in [0.2, 0.25) is 0 Å². The first-order chi connectivity index (χ1) is 18.6. The van der Waals surface area contributed by atoms with Crippen LogP contribution in [0.15, 0.2) is 90.6 Å². The second kappa shape index (κ2) is 10.5. The fourth-order valence-electron chi connectivity index (χ4n) is 4.32. The third-order valence-electron chi connectivity index (χ3n) is 6.08. The first-order valence-electron chi connectivity index (χ1n) is 11.8. The van der Waals surface area contributed by atoms with E-state index >= 15 is 0 Å². The molecule has 0 unspecified atom stereocenters. The minimum atomic E-state index is -4.48. The molecule has 0 saturated heterocycles. The van der Waals surface area contributed by atoms with Crippen molar-refractivity contribution in [2.75, 3.05) is 6.61 Å². The van der Waals surface area contributed by atoms with E-state index in [1.165, 1.54) is 22.8 Å². The van der Waals surface area contributed by atoms with Gasteiger partial charge in [0.05, 0.1) is 34.0 Å². The zero-order valence-corrected chi connectivity index (χ0v) is 23.0. The predicted octanol–water partition coefficient (Wildman–Crippen LogP) is 5.84. The molecule has 0 spiro atoms. The summed E-state index contributed by atoms with van der Waals surface area (Å²) in [5, 5.41) is 0. The summed E-state index contributed by atoms with van der Waals surface area (Å²) in [4.78, 5) is 31.5. The van der Waals surface area contributed by atoms with Gasteiger partial charge in [0.1, 0.15) is 11.5 Å². The van der Waals surface area contributed by atoms with Gasteiger partial charge in [0.15, 0.2) is 4.80 Å². The van der Waals surface area contributed by atoms with Gasteiger partial charge in [-0.15, -0.1) is 0 Å². The number of hydrogen-bond acceptors (Lipinski definition) is 6. The molecule has 0 radical (unpaired) electrons. The van der Waals surface area contributed by atoms with Crippen molar-refractivity contribution in [1.29, 1.82) is 0 Å². The van der Waals surface area contributed by atoms with Gasteiger partial charge in [-0.1, -0.05) is 51.5 Å². The Kier molecular flexibility index (Phi) is 7.21. The number of ether oxygens (including phenoxy) is 1. The number of allylic oxidation sites excluding steroid dienone is 1. The molecule has 11 heteroatoms. The van der Waals surface area contributed by atoms with Crippen LogP contribution in [0.3, 0.4) is 0 Å². The van der Waals surface area contributed by atoms with E-state index in [0.717, 1.165) is 27.9 Å². The Morgan fingerprint density at radius 3 is 2.62 bits per heavy atom. The first kappa shape index (κ1) is 26.9. The fraction of sp³-hybridized carbons (Fsp3) is 0.179. The average Bonchev–Trinajstić information content (AvgIpc) is 3.48. The summed E-state index contributed by atoms with van der Waals surface area (Å²) in [5.74, 6) is -0.0415. The minimum Gasteiger partial charge on any atom is -0.463 e. The van der Waals surface area contributed by atoms with Gasteiger partial charge >= 0.3 is 12.1 Å². The standard InChI is InChI=1S/C28H20BrF3N2O4S/c1-3-37-26(36)23-15(2)33-27-34(24(23)16-7-9-19(29)10-8-16)25(35)22(39-27)14-20-11-12-21(38-20)17-5-4-6-18(13-17)28(30,31)32/h4-14,24H,3H2,1-2H3/t24-/m1/s1.